The Kier molecular flexibility index (Phi) is 5.98. The zero-order valence-corrected chi connectivity index (χ0v) is 12.4. The van der Waals surface area contributed by atoms with Gasteiger partial charge in [0.1, 0.15) is 11.3 Å². The number of anilines is 1. The van der Waals surface area contributed by atoms with Crippen molar-refractivity contribution in [1.82, 2.24) is 0 Å². The average molecular weight is 316 g/mol. The molecule has 1 amide bonds. The molecule has 1 N–H and O–H groups in total. The van der Waals surface area contributed by atoms with Gasteiger partial charge in [0, 0.05) is 6.07 Å². The Morgan fingerprint density at radius 1 is 1.24 bits per heavy atom. The maximum absolute atomic E-state index is 11.6. The molecular weight excluding hydrogens is 302 g/mol. The summed E-state index contributed by atoms with van der Waals surface area (Å²) >= 11 is 5.96. The minimum absolute atomic E-state index is 0.0499. The zero-order chi connectivity index (χ0) is 16.0. The van der Waals surface area contributed by atoms with Gasteiger partial charge in [-0.2, -0.15) is 0 Å². The van der Waals surface area contributed by atoms with Gasteiger partial charge in [0.25, 0.3) is 0 Å². The molecule has 0 aliphatic rings. The SMILES string of the molecule is CCOC(=O)C(=O)Nc1cc(OC)c(C(=O)OC)cc1Cl. The van der Waals surface area contributed by atoms with E-state index in [9.17, 15) is 14.4 Å². The summed E-state index contributed by atoms with van der Waals surface area (Å²) in [5, 5.41) is 2.33. The Labute approximate surface area is 126 Å². The molecule has 114 valence electrons. The number of rotatable bonds is 4. The lowest BCUT2D eigenvalue weighted by molar-refractivity contribution is -0.152. The fourth-order valence-corrected chi connectivity index (χ4v) is 1.67. The standard InChI is InChI=1S/C13H14ClNO6/c1-4-21-13(18)11(16)15-9-6-10(19-2)7(5-8(9)14)12(17)20-3/h5-6H,4H2,1-3H3,(H,15,16). The largest absolute Gasteiger partial charge is 0.496 e. The Hall–Kier alpha value is -2.28. The molecule has 0 bridgehead atoms. The van der Waals surface area contributed by atoms with Crippen LogP contribution in [0.4, 0.5) is 5.69 Å². The summed E-state index contributed by atoms with van der Waals surface area (Å²) in [6.45, 7) is 1.65. The Balaban J connectivity index is 3.07. The van der Waals surface area contributed by atoms with Gasteiger partial charge in [-0.05, 0) is 13.0 Å². The first kappa shape index (κ1) is 16.8. The summed E-state index contributed by atoms with van der Waals surface area (Å²) in [6.07, 6.45) is 0. The van der Waals surface area contributed by atoms with Crippen LogP contribution in [-0.2, 0) is 19.1 Å². The van der Waals surface area contributed by atoms with Gasteiger partial charge in [-0.3, -0.25) is 4.79 Å². The van der Waals surface area contributed by atoms with Crippen LogP contribution >= 0.6 is 11.6 Å². The molecule has 0 aliphatic carbocycles. The maximum atomic E-state index is 11.6. The molecule has 0 radical (unpaired) electrons. The van der Waals surface area contributed by atoms with Gasteiger partial charge >= 0.3 is 17.8 Å². The molecule has 0 heterocycles. The summed E-state index contributed by atoms with van der Waals surface area (Å²) in [7, 11) is 2.55. The van der Waals surface area contributed by atoms with Gasteiger partial charge in [-0.25, -0.2) is 9.59 Å². The number of amides is 1. The van der Waals surface area contributed by atoms with Crippen molar-refractivity contribution < 1.29 is 28.6 Å². The lowest BCUT2D eigenvalue weighted by atomic mass is 10.1. The fraction of sp³-hybridized carbons (Fsp3) is 0.308. The average Bonchev–Trinajstić information content (AvgIpc) is 2.48. The second-order valence-electron chi connectivity index (χ2n) is 3.70. The number of carbonyl (C=O) groups is 3. The van der Waals surface area contributed by atoms with E-state index in [1.807, 2.05) is 0 Å². The predicted octanol–water partition coefficient (Wildman–Crippen LogP) is 1.64. The molecule has 1 aromatic carbocycles. The van der Waals surface area contributed by atoms with Gasteiger partial charge in [0.05, 0.1) is 31.5 Å². The molecule has 7 nitrogen and oxygen atoms in total. The molecule has 1 rings (SSSR count). The summed E-state index contributed by atoms with van der Waals surface area (Å²) in [5.74, 6) is -2.52. The van der Waals surface area contributed by atoms with E-state index >= 15 is 0 Å². The second-order valence-corrected chi connectivity index (χ2v) is 4.11. The Morgan fingerprint density at radius 2 is 1.90 bits per heavy atom. The monoisotopic (exact) mass is 315 g/mol. The highest BCUT2D eigenvalue weighted by Gasteiger charge is 2.20. The van der Waals surface area contributed by atoms with Crippen LogP contribution in [0.5, 0.6) is 5.75 Å². The number of ether oxygens (including phenoxy) is 3. The molecule has 0 aromatic heterocycles. The third-order valence-corrected chi connectivity index (χ3v) is 2.72. The lowest BCUT2D eigenvalue weighted by Crippen LogP contribution is -2.25. The van der Waals surface area contributed by atoms with Gasteiger partial charge in [0.2, 0.25) is 0 Å². The zero-order valence-electron chi connectivity index (χ0n) is 11.7. The molecule has 1 aromatic rings. The van der Waals surface area contributed by atoms with Crippen LogP contribution < -0.4 is 10.1 Å². The minimum atomic E-state index is -1.04. The molecule has 0 saturated carbocycles. The first-order chi connectivity index (χ1) is 9.94. The van der Waals surface area contributed by atoms with Crippen LogP contribution in [0.25, 0.3) is 0 Å². The smallest absolute Gasteiger partial charge is 0.397 e. The second kappa shape index (κ2) is 7.49. The number of methoxy groups -OCH3 is 2. The van der Waals surface area contributed by atoms with E-state index in [0.29, 0.717) is 0 Å². The maximum Gasteiger partial charge on any atom is 0.397 e. The molecule has 0 saturated heterocycles. The van der Waals surface area contributed by atoms with Gasteiger partial charge in [0.15, 0.2) is 0 Å². The van der Waals surface area contributed by atoms with Gasteiger partial charge in [-0.1, -0.05) is 11.6 Å². The van der Waals surface area contributed by atoms with E-state index in [0.717, 1.165) is 0 Å². The highest BCUT2D eigenvalue weighted by Crippen LogP contribution is 2.31. The van der Waals surface area contributed by atoms with Crippen LogP contribution in [-0.4, -0.2) is 38.7 Å². The van der Waals surface area contributed by atoms with E-state index in [1.54, 1.807) is 6.92 Å². The van der Waals surface area contributed by atoms with Crippen molar-refractivity contribution in [3.8, 4) is 5.75 Å². The normalized spacial score (nSPS) is 9.71. The molecule has 0 unspecified atom stereocenters. The van der Waals surface area contributed by atoms with Crippen molar-refractivity contribution in [2.75, 3.05) is 26.1 Å². The molecule has 0 fully saturated rings. The highest BCUT2D eigenvalue weighted by atomic mass is 35.5. The topological polar surface area (TPSA) is 90.9 Å². The summed E-state index contributed by atoms with van der Waals surface area (Å²) in [5.41, 5.74) is 0.207. The van der Waals surface area contributed by atoms with Crippen LogP contribution in [0, 0.1) is 0 Å². The van der Waals surface area contributed by atoms with Crippen molar-refractivity contribution >= 4 is 35.1 Å². The molecule has 8 heteroatoms. The minimum Gasteiger partial charge on any atom is -0.496 e. The summed E-state index contributed by atoms with van der Waals surface area (Å²) in [6, 6.07) is 2.58. The van der Waals surface area contributed by atoms with Crippen LogP contribution in [0.3, 0.4) is 0 Å². The molecule has 21 heavy (non-hydrogen) atoms. The Bertz CT molecular complexity index is 572. The molecule has 0 atom stereocenters. The number of nitrogens with one attached hydrogen (secondary N) is 1. The van der Waals surface area contributed by atoms with E-state index < -0.39 is 17.8 Å². The van der Waals surface area contributed by atoms with Crippen molar-refractivity contribution in [3.63, 3.8) is 0 Å². The van der Waals surface area contributed by atoms with Crippen LogP contribution in [0.2, 0.25) is 5.02 Å². The summed E-state index contributed by atoms with van der Waals surface area (Å²) < 4.78 is 14.2. The van der Waals surface area contributed by atoms with E-state index in [4.69, 9.17) is 16.3 Å². The first-order valence-corrected chi connectivity index (χ1v) is 6.26. The number of carbonyl (C=O) groups excluding carboxylic acids is 3. The molecular formula is C13H14ClNO6. The van der Waals surface area contributed by atoms with Crippen molar-refractivity contribution in [2.24, 2.45) is 0 Å². The van der Waals surface area contributed by atoms with E-state index in [2.05, 4.69) is 14.8 Å². The van der Waals surface area contributed by atoms with Crippen molar-refractivity contribution in [1.29, 1.82) is 0 Å². The number of hydrogen-bond acceptors (Lipinski definition) is 6. The van der Waals surface area contributed by atoms with Crippen molar-refractivity contribution in [3.05, 3.63) is 22.7 Å². The quantitative estimate of drug-likeness (QED) is 0.671. The summed E-state index contributed by atoms with van der Waals surface area (Å²) in [4.78, 5) is 34.4. The van der Waals surface area contributed by atoms with Crippen LogP contribution in [0.1, 0.15) is 17.3 Å². The van der Waals surface area contributed by atoms with Crippen LogP contribution in [0.15, 0.2) is 12.1 Å². The number of halogens is 1. The van der Waals surface area contributed by atoms with E-state index in [1.165, 1.54) is 26.4 Å². The number of hydrogen-bond donors (Lipinski definition) is 1. The van der Waals surface area contributed by atoms with Gasteiger partial charge < -0.3 is 19.5 Å². The van der Waals surface area contributed by atoms with Crippen molar-refractivity contribution in [2.45, 2.75) is 6.92 Å². The number of benzene rings is 1. The number of esters is 2. The fourth-order valence-electron chi connectivity index (χ4n) is 1.46. The molecule has 0 aliphatic heterocycles. The van der Waals surface area contributed by atoms with E-state index in [-0.39, 0.29) is 28.6 Å². The third kappa shape index (κ3) is 4.09. The highest BCUT2D eigenvalue weighted by molar-refractivity contribution is 6.40. The molecule has 0 spiro atoms. The first-order valence-electron chi connectivity index (χ1n) is 5.88. The predicted molar refractivity (Wildman–Crippen MR) is 74.6 cm³/mol. The Morgan fingerprint density at radius 3 is 2.43 bits per heavy atom. The van der Waals surface area contributed by atoms with Gasteiger partial charge in [-0.15, -0.1) is 0 Å². The third-order valence-electron chi connectivity index (χ3n) is 2.40. The lowest BCUT2D eigenvalue weighted by Gasteiger charge is -2.12.